The molecule has 1 rings (SSSR count). The van der Waals surface area contributed by atoms with Crippen molar-refractivity contribution in [2.75, 3.05) is 0 Å². The molecule has 2 heteroatoms. The Morgan fingerprint density at radius 3 is 2.67 bits per heavy atom. The van der Waals surface area contributed by atoms with Gasteiger partial charge in [0.15, 0.2) is 0 Å². The highest BCUT2D eigenvalue weighted by molar-refractivity contribution is 6.64. The fourth-order valence-corrected chi connectivity index (χ4v) is 0.911. The molecule has 0 aliphatic heterocycles. The summed E-state index contributed by atoms with van der Waals surface area (Å²) in [6, 6.07) is 0. The summed E-state index contributed by atoms with van der Waals surface area (Å²) in [6.07, 6.45) is 8.25. The molecular formula is C7H7ClO. The largest absolute Gasteiger partial charge is 0.281 e. The van der Waals surface area contributed by atoms with Gasteiger partial charge in [0.05, 0.1) is 5.92 Å². The zero-order chi connectivity index (χ0) is 6.69. The Bertz CT molecular complexity index is 170. The minimum Gasteiger partial charge on any atom is -0.281 e. The van der Waals surface area contributed by atoms with Crippen molar-refractivity contribution >= 4 is 16.8 Å². The van der Waals surface area contributed by atoms with Gasteiger partial charge in [0.1, 0.15) is 0 Å². The molecule has 9 heavy (non-hydrogen) atoms. The van der Waals surface area contributed by atoms with E-state index in [0.717, 1.165) is 6.42 Å². The lowest BCUT2D eigenvalue weighted by molar-refractivity contribution is -0.113. The first kappa shape index (κ1) is 6.56. The predicted octanol–water partition coefficient (Wildman–Crippen LogP) is 1.88. The fourth-order valence-electron chi connectivity index (χ4n) is 0.749. The Labute approximate surface area is 59.0 Å². The lowest BCUT2D eigenvalue weighted by Crippen LogP contribution is -2.05. The van der Waals surface area contributed by atoms with Gasteiger partial charge in [-0.1, -0.05) is 24.3 Å². The highest BCUT2D eigenvalue weighted by Gasteiger charge is 2.11. The van der Waals surface area contributed by atoms with Crippen molar-refractivity contribution < 1.29 is 4.79 Å². The van der Waals surface area contributed by atoms with Crippen LogP contribution in [0.4, 0.5) is 0 Å². The predicted molar refractivity (Wildman–Crippen MR) is 37.2 cm³/mol. The van der Waals surface area contributed by atoms with Crippen LogP contribution in [0.1, 0.15) is 6.42 Å². The molecule has 1 aliphatic carbocycles. The molecule has 0 bridgehead atoms. The van der Waals surface area contributed by atoms with E-state index in [1.54, 1.807) is 0 Å². The van der Waals surface area contributed by atoms with Gasteiger partial charge in [0.25, 0.3) is 0 Å². The smallest absolute Gasteiger partial charge is 0.228 e. The van der Waals surface area contributed by atoms with Crippen LogP contribution in [0.2, 0.25) is 0 Å². The molecule has 0 aromatic carbocycles. The van der Waals surface area contributed by atoms with Gasteiger partial charge in [0, 0.05) is 0 Å². The van der Waals surface area contributed by atoms with E-state index < -0.39 is 0 Å². The summed E-state index contributed by atoms with van der Waals surface area (Å²) in [5.74, 6) is -0.0864. The normalized spacial score (nSPS) is 24.3. The van der Waals surface area contributed by atoms with Crippen LogP contribution >= 0.6 is 11.6 Å². The van der Waals surface area contributed by atoms with Crippen LogP contribution < -0.4 is 0 Å². The van der Waals surface area contributed by atoms with Gasteiger partial charge in [0.2, 0.25) is 5.24 Å². The molecule has 0 fully saturated rings. The number of halogens is 1. The van der Waals surface area contributed by atoms with Gasteiger partial charge < -0.3 is 0 Å². The van der Waals surface area contributed by atoms with Crippen molar-refractivity contribution in [3.63, 3.8) is 0 Å². The Kier molecular flexibility index (Phi) is 2.06. The second-order valence-electron chi connectivity index (χ2n) is 1.96. The summed E-state index contributed by atoms with van der Waals surface area (Å²) in [5.41, 5.74) is 0. The summed E-state index contributed by atoms with van der Waals surface area (Å²) in [4.78, 5) is 10.5. The monoisotopic (exact) mass is 142 g/mol. The third-order valence-corrected chi connectivity index (χ3v) is 1.55. The number of allylic oxidation sites excluding steroid dienone is 4. The molecule has 0 radical (unpaired) electrons. The Morgan fingerprint density at radius 1 is 1.56 bits per heavy atom. The lowest BCUT2D eigenvalue weighted by Gasteiger charge is -2.04. The number of carbonyl (C=O) groups excluding carboxylic acids is 1. The second-order valence-corrected chi connectivity index (χ2v) is 2.33. The molecule has 1 nitrogen and oxygen atoms in total. The van der Waals surface area contributed by atoms with Crippen LogP contribution in [0.25, 0.3) is 0 Å². The molecule has 48 valence electrons. The summed E-state index contributed by atoms with van der Waals surface area (Å²) in [6.45, 7) is 0. The molecule has 0 amide bonds. The maximum Gasteiger partial charge on any atom is 0.228 e. The second kappa shape index (κ2) is 2.83. The highest BCUT2D eigenvalue weighted by Crippen LogP contribution is 2.13. The molecule has 1 atom stereocenters. The van der Waals surface area contributed by atoms with Crippen LogP contribution in [0.15, 0.2) is 24.3 Å². The van der Waals surface area contributed by atoms with Gasteiger partial charge in [-0.3, -0.25) is 4.79 Å². The van der Waals surface area contributed by atoms with Crippen molar-refractivity contribution in [2.45, 2.75) is 6.42 Å². The first-order chi connectivity index (χ1) is 4.30. The molecule has 0 N–H and O–H groups in total. The van der Waals surface area contributed by atoms with Crippen LogP contribution in [0, 0.1) is 5.92 Å². The molecule has 1 aliphatic rings. The van der Waals surface area contributed by atoms with E-state index in [1.807, 2.05) is 24.3 Å². The molecule has 1 unspecified atom stereocenters. The molecule has 0 spiro atoms. The minimum atomic E-state index is -0.268. The quantitative estimate of drug-likeness (QED) is 0.511. The van der Waals surface area contributed by atoms with Gasteiger partial charge in [-0.15, -0.1) is 0 Å². The molecule has 0 aromatic rings. The summed E-state index contributed by atoms with van der Waals surface area (Å²) < 4.78 is 0. The minimum absolute atomic E-state index is 0.0864. The molecular weight excluding hydrogens is 136 g/mol. The topological polar surface area (TPSA) is 17.1 Å². The van der Waals surface area contributed by atoms with Crippen molar-refractivity contribution in [3.8, 4) is 0 Å². The van der Waals surface area contributed by atoms with Crippen molar-refractivity contribution in [2.24, 2.45) is 5.92 Å². The van der Waals surface area contributed by atoms with Crippen LogP contribution in [-0.4, -0.2) is 5.24 Å². The summed E-state index contributed by atoms with van der Waals surface area (Å²) in [7, 11) is 0. The average molecular weight is 143 g/mol. The average Bonchev–Trinajstić information content (AvgIpc) is 1.90. The number of carbonyl (C=O) groups is 1. The molecule has 0 saturated carbocycles. The maximum absolute atomic E-state index is 10.5. The fraction of sp³-hybridized carbons (Fsp3) is 0.286. The van der Waals surface area contributed by atoms with Gasteiger partial charge >= 0.3 is 0 Å². The van der Waals surface area contributed by atoms with E-state index in [4.69, 9.17) is 11.6 Å². The Morgan fingerprint density at radius 2 is 2.33 bits per heavy atom. The summed E-state index contributed by atoms with van der Waals surface area (Å²) >= 11 is 5.23. The van der Waals surface area contributed by atoms with Gasteiger partial charge in [-0.25, -0.2) is 0 Å². The van der Waals surface area contributed by atoms with Crippen molar-refractivity contribution in [3.05, 3.63) is 24.3 Å². The van der Waals surface area contributed by atoms with E-state index in [1.165, 1.54) is 0 Å². The van der Waals surface area contributed by atoms with E-state index in [9.17, 15) is 4.79 Å². The van der Waals surface area contributed by atoms with E-state index >= 15 is 0 Å². The van der Waals surface area contributed by atoms with Crippen LogP contribution in [0.5, 0.6) is 0 Å². The summed E-state index contributed by atoms with van der Waals surface area (Å²) in [5, 5.41) is -0.268. The SMILES string of the molecule is O=C(Cl)C1C=CC=CC1. The first-order valence-electron chi connectivity index (χ1n) is 2.83. The maximum atomic E-state index is 10.5. The van der Waals surface area contributed by atoms with Gasteiger partial charge in [-0.2, -0.15) is 0 Å². The van der Waals surface area contributed by atoms with Crippen LogP contribution in [-0.2, 0) is 4.79 Å². The van der Waals surface area contributed by atoms with Crippen molar-refractivity contribution in [1.82, 2.24) is 0 Å². The van der Waals surface area contributed by atoms with Gasteiger partial charge in [-0.05, 0) is 18.0 Å². The Hall–Kier alpha value is -0.560. The Balaban J connectivity index is 2.56. The lowest BCUT2D eigenvalue weighted by atomic mass is 10.0. The van der Waals surface area contributed by atoms with Crippen LogP contribution in [0.3, 0.4) is 0 Å². The first-order valence-corrected chi connectivity index (χ1v) is 3.21. The van der Waals surface area contributed by atoms with E-state index in [-0.39, 0.29) is 11.2 Å². The van der Waals surface area contributed by atoms with E-state index in [0.29, 0.717) is 0 Å². The molecule has 0 saturated heterocycles. The zero-order valence-electron chi connectivity index (χ0n) is 4.88. The molecule has 0 heterocycles. The number of hydrogen-bond donors (Lipinski definition) is 0. The number of rotatable bonds is 1. The van der Waals surface area contributed by atoms with E-state index in [2.05, 4.69) is 0 Å². The zero-order valence-corrected chi connectivity index (χ0v) is 5.64. The molecule has 0 aromatic heterocycles. The van der Waals surface area contributed by atoms with Crippen molar-refractivity contribution in [1.29, 1.82) is 0 Å². The third kappa shape index (κ3) is 1.68. The highest BCUT2D eigenvalue weighted by atomic mass is 35.5. The number of hydrogen-bond acceptors (Lipinski definition) is 1. The third-order valence-electron chi connectivity index (χ3n) is 1.27. The standard InChI is InChI=1S/C7H7ClO/c8-7(9)6-4-2-1-3-5-6/h1-4,6H,5H2.